The molecule has 3 rings (SSSR count). The fourth-order valence-electron chi connectivity index (χ4n) is 2.44. The van der Waals surface area contributed by atoms with Crippen LogP contribution in [0, 0.1) is 6.92 Å². The molecule has 0 saturated heterocycles. The lowest BCUT2D eigenvalue weighted by Crippen LogP contribution is -2.29. The maximum atomic E-state index is 12.2. The van der Waals surface area contributed by atoms with Crippen LogP contribution in [0.4, 0.5) is 5.13 Å². The fraction of sp³-hybridized carbons (Fsp3) is 0.222. The second-order valence-electron chi connectivity index (χ2n) is 5.60. The van der Waals surface area contributed by atoms with Crippen LogP contribution in [0.3, 0.4) is 0 Å². The molecule has 2 heterocycles. The summed E-state index contributed by atoms with van der Waals surface area (Å²) in [4.78, 5) is 19.6. The molecule has 0 fully saturated rings. The zero-order valence-corrected chi connectivity index (χ0v) is 14.5. The molecule has 0 aliphatic heterocycles. The molecule has 2 aromatic heterocycles. The molecule has 124 valence electrons. The average Bonchev–Trinajstić information content (AvgIpc) is 3.17. The van der Waals surface area contributed by atoms with E-state index in [1.165, 1.54) is 11.3 Å². The molecule has 0 unspecified atom stereocenters. The summed E-state index contributed by atoms with van der Waals surface area (Å²) in [6.45, 7) is 2.82. The van der Waals surface area contributed by atoms with Crippen LogP contribution in [0.1, 0.15) is 11.5 Å². The van der Waals surface area contributed by atoms with E-state index >= 15 is 0 Å². The Hall–Kier alpha value is -2.44. The Balaban J connectivity index is 1.60. The Morgan fingerprint density at radius 1 is 1.25 bits per heavy atom. The van der Waals surface area contributed by atoms with Crippen LogP contribution in [0.2, 0.25) is 0 Å². The van der Waals surface area contributed by atoms with E-state index in [4.69, 9.17) is 4.42 Å². The number of furan rings is 1. The van der Waals surface area contributed by atoms with Crippen LogP contribution in [0.15, 0.2) is 53.1 Å². The minimum absolute atomic E-state index is 0.0857. The smallest absolute Gasteiger partial charge is 0.240 e. The lowest BCUT2D eigenvalue weighted by molar-refractivity contribution is -0.117. The van der Waals surface area contributed by atoms with Crippen molar-refractivity contribution in [3.05, 3.63) is 60.2 Å². The second-order valence-corrected chi connectivity index (χ2v) is 6.60. The van der Waals surface area contributed by atoms with Gasteiger partial charge in [-0.25, -0.2) is 4.98 Å². The number of aromatic nitrogens is 1. The summed E-state index contributed by atoms with van der Waals surface area (Å²) in [5.74, 6) is 0.749. The first kappa shape index (κ1) is 16.4. The first-order chi connectivity index (χ1) is 11.6. The molecular weight excluding hydrogens is 322 g/mol. The van der Waals surface area contributed by atoms with Gasteiger partial charge in [0.05, 0.1) is 29.9 Å². The predicted molar refractivity (Wildman–Crippen MR) is 96.0 cm³/mol. The highest BCUT2D eigenvalue weighted by molar-refractivity contribution is 7.19. The molecular formula is C18H19N3O2S. The van der Waals surface area contributed by atoms with Gasteiger partial charge in [-0.2, -0.15) is 0 Å². The van der Waals surface area contributed by atoms with Gasteiger partial charge in [-0.05, 0) is 31.7 Å². The number of hydrogen-bond acceptors (Lipinski definition) is 5. The molecule has 0 aliphatic rings. The van der Waals surface area contributed by atoms with E-state index in [0.717, 1.165) is 21.9 Å². The van der Waals surface area contributed by atoms with Crippen LogP contribution < -0.4 is 5.32 Å². The van der Waals surface area contributed by atoms with Gasteiger partial charge < -0.3 is 9.73 Å². The van der Waals surface area contributed by atoms with E-state index in [-0.39, 0.29) is 12.5 Å². The highest BCUT2D eigenvalue weighted by Crippen LogP contribution is 2.32. The van der Waals surface area contributed by atoms with Gasteiger partial charge in [0.1, 0.15) is 5.76 Å². The third-order valence-corrected chi connectivity index (χ3v) is 4.62. The number of aryl methyl sites for hydroxylation is 1. The number of anilines is 1. The monoisotopic (exact) mass is 341 g/mol. The zero-order valence-electron chi connectivity index (χ0n) is 13.7. The number of carbonyl (C=O) groups excluding carboxylic acids is 1. The van der Waals surface area contributed by atoms with Crippen molar-refractivity contribution in [2.24, 2.45) is 0 Å². The standard InChI is InChI=1S/C18H19N3O2S/c1-13-17(14-7-4-3-5-8-14)24-18(19-13)20-16(22)12-21(2)11-15-9-6-10-23-15/h3-10H,11-12H2,1-2H3,(H,19,20,22). The number of hydrogen-bond donors (Lipinski definition) is 1. The zero-order chi connectivity index (χ0) is 16.9. The Bertz CT molecular complexity index is 797. The number of carbonyl (C=O) groups is 1. The summed E-state index contributed by atoms with van der Waals surface area (Å²) < 4.78 is 5.29. The van der Waals surface area contributed by atoms with Gasteiger partial charge in [-0.15, -0.1) is 0 Å². The van der Waals surface area contributed by atoms with Crippen LogP contribution in [-0.2, 0) is 11.3 Å². The number of nitrogens with zero attached hydrogens (tertiary/aromatic N) is 2. The fourth-order valence-corrected chi connectivity index (χ4v) is 3.42. The van der Waals surface area contributed by atoms with Gasteiger partial charge in [0.2, 0.25) is 5.91 Å². The van der Waals surface area contributed by atoms with E-state index in [0.29, 0.717) is 11.7 Å². The van der Waals surface area contributed by atoms with Gasteiger partial charge in [0.25, 0.3) is 0 Å². The largest absolute Gasteiger partial charge is 0.468 e. The van der Waals surface area contributed by atoms with E-state index in [2.05, 4.69) is 10.3 Å². The molecule has 1 amide bonds. The topological polar surface area (TPSA) is 58.4 Å². The van der Waals surface area contributed by atoms with Crippen molar-refractivity contribution in [2.45, 2.75) is 13.5 Å². The molecule has 0 atom stereocenters. The summed E-state index contributed by atoms with van der Waals surface area (Å²) >= 11 is 1.49. The van der Waals surface area contributed by atoms with E-state index in [1.807, 2.05) is 61.3 Å². The maximum absolute atomic E-state index is 12.2. The molecule has 0 radical (unpaired) electrons. The SMILES string of the molecule is Cc1nc(NC(=O)CN(C)Cc2ccco2)sc1-c1ccccc1. The Kier molecular flexibility index (Phi) is 5.08. The number of benzene rings is 1. The van der Waals surface area contributed by atoms with E-state index in [9.17, 15) is 4.79 Å². The number of thiazole rings is 1. The van der Waals surface area contributed by atoms with Crippen molar-refractivity contribution in [3.63, 3.8) is 0 Å². The quantitative estimate of drug-likeness (QED) is 0.741. The summed E-state index contributed by atoms with van der Waals surface area (Å²) in [6, 6.07) is 13.8. The first-order valence-electron chi connectivity index (χ1n) is 7.65. The predicted octanol–water partition coefficient (Wildman–Crippen LogP) is 3.78. The van der Waals surface area contributed by atoms with Crippen molar-refractivity contribution >= 4 is 22.4 Å². The average molecular weight is 341 g/mol. The van der Waals surface area contributed by atoms with E-state index in [1.54, 1.807) is 6.26 Å². The van der Waals surface area contributed by atoms with Crippen LogP contribution in [-0.4, -0.2) is 29.4 Å². The highest BCUT2D eigenvalue weighted by Gasteiger charge is 2.13. The summed E-state index contributed by atoms with van der Waals surface area (Å²) in [5, 5.41) is 3.51. The van der Waals surface area contributed by atoms with Gasteiger partial charge in [-0.3, -0.25) is 9.69 Å². The van der Waals surface area contributed by atoms with Gasteiger partial charge in [-0.1, -0.05) is 41.7 Å². The molecule has 6 heteroatoms. The third-order valence-electron chi connectivity index (χ3n) is 3.50. The first-order valence-corrected chi connectivity index (χ1v) is 8.47. The summed E-state index contributed by atoms with van der Waals surface area (Å²) in [7, 11) is 1.88. The van der Waals surface area contributed by atoms with Crippen molar-refractivity contribution in [2.75, 3.05) is 18.9 Å². The third kappa shape index (κ3) is 4.10. The van der Waals surface area contributed by atoms with Gasteiger partial charge in [0.15, 0.2) is 5.13 Å². The molecule has 1 aromatic carbocycles. The maximum Gasteiger partial charge on any atom is 0.240 e. The molecule has 0 saturated carbocycles. The number of likely N-dealkylation sites (N-methyl/N-ethyl adjacent to an activating group) is 1. The normalized spacial score (nSPS) is 11.0. The Morgan fingerprint density at radius 2 is 2.04 bits per heavy atom. The molecule has 3 aromatic rings. The lowest BCUT2D eigenvalue weighted by Gasteiger charge is -2.13. The summed E-state index contributed by atoms with van der Waals surface area (Å²) in [5.41, 5.74) is 2.04. The summed E-state index contributed by atoms with van der Waals surface area (Å²) in [6.07, 6.45) is 1.63. The molecule has 24 heavy (non-hydrogen) atoms. The number of nitrogens with one attached hydrogen (secondary N) is 1. The highest BCUT2D eigenvalue weighted by atomic mass is 32.1. The number of rotatable bonds is 6. The van der Waals surface area contributed by atoms with Gasteiger partial charge in [0, 0.05) is 0 Å². The van der Waals surface area contributed by atoms with Crippen LogP contribution in [0.25, 0.3) is 10.4 Å². The lowest BCUT2D eigenvalue weighted by atomic mass is 10.2. The Morgan fingerprint density at radius 3 is 2.75 bits per heavy atom. The minimum atomic E-state index is -0.0857. The molecule has 0 bridgehead atoms. The molecule has 0 spiro atoms. The van der Waals surface area contributed by atoms with Crippen molar-refractivity contribution in [1.29, 1.82) is 0 Å². The molecule has 0 aliphatic carbocycles. The molecule has 5 nitrogen and oxygen atoms in total. The van der Waals surface area contributed by atoms with Crippen molar-refractivity contribution in [1.82, 2.24) is 9.88 Å². The van der Waals surface area contributed by atoms with Crippen molar-refractivity contribution < 1.29 is 9.21 Å². The van der Waals surface area contributed by atoms with Gasteiger partial charge >= 0.3 is 0 Å². The second kappa shape index (κ2) is 7.42. The van der Waals surface area contributed by atoms with Crippen molar-refractivity contribution in [3.8, 4) is 10.4 Å². The van der Waals surface area contributed by atoms with E-state index < -0.39 is 0 Å². The van der Waals surface area contributed by atoms with Crippen LogP contribution in [0.5, 0.6) is 0 Å². The minimum Gasteiger partial charge on any atom is -0.468 e. The number of amides is 1. The van der Waals surface area contributed by atoms with Crippen LogP contribution >= 0.6 is 11.3 Å². The molecule has 1 N–H and O–H groups in total. The Labute approximate surface area is 144 Å².